The summed E-state index contributed by atoms with van der Waals surface area (Å²) in [5, 5.41) is 3.55. The van der Waals surface area contributed by atoms with Crippen molar-refractivity contribution in [1.29, 1.82) is 0 Å². The summed E-state index contributed by atoms with van der Waals surface area (Å²) < 4.78 is 0. The zero-order valence-electron chi connectivity index (χ0n) is 14.4. The van der Waals surface area contributed by atoms with Crippen molar-refractivity contribution in [3.8, 4) is 0 Å². The molecule has 1 heterocycles. The monoisotopic (exact) mass is 358 g/mol. The number of fused-ring (bicyclic) bond motifs is 1. The maximum Gasteiger partial charge on any atom is 0.280 e. The number of primary amides is 1. The molecule has 0 saturated carbocycles. The second-order valence-corrected chi connectivity index (χ2v) is 7.52. The van der Waals surface area contributed by atoms with Gasteiger partial charge in [-0.1, -0.05) is 30.3 Å². The van der Waals surface area contributed by atoms with Gasteiger partial charge in [-0.25, -0.2) is 0 Å². The van der Waals surface area contributed by atoms with Crippen molar-refractivity contribution in [2.45, 2.75) is 32.7 Å². The lowest BCUT2D eigenvalue weighted by Gasteiger charge is -2.17. The van der Waals surface area contributed by atoms with Gasteiger partial charge in [0, 0.05) is 10.4 Å². The number of nitrogens with one attached hydrogen (secondary N) is 2. The number of hydrogen-bond donors (Lipinski definition) is 3. The molecule has 1 atom stereocenters. The molecule has 0 saturated heterocycles. The Morgan fingerprint density at radius 2 is 2.00 bits per heavy atom. The molecule has 3 rings (SSSR count). The van der Waals surface area contributed by atoms with Crippen LogP contribution in [0.25, 0.3) is 0 Å². The third kappa shape index (κ3) is 4.08. The summed E-state index contributed by atoms with van der Waals surface area (Å²) >= 11 is 1.50. The van der Waals surface area contributed by atoms with Crippen molar-refractivity contribution in [2.75, 3.05) is 18.4 Å². The van der Waals surface area contributed by atoms with Gasteiger partial charge in [-0.2, -0.15) is 0 Å². The van der Waals surface area contributed by atoms with Crippen LogP contribution in [0.15, 0.2) is 30.3 Å². The number of benzene rings is 1. The predicted octanol–water partition coefficient (Wildman–Crippen LogP) is 1.38. The van der Waals surface area contributed by atoms with Crippen molar-refractivity contribution in [3.05, 3.63) is 51.9 Å². The molecule has 1 aromatic carbocycles. The molecule has 6 heteroatoms. The van der Waals surface area contributed by atoms with Crippen LogP contribution in [0.2, 0.25) is 0 Å². The summed E-state index contributed by atoms with van der Waals surface area (Å²) in [6.07, 6.45) is 2.90. The van der Waals surface area contributed by atoms with E-state index in [4.69, 9.17) is 5.73 Å². The molecule has 4 N–H and O–H groups in total. The molecule has 0 radical (unpaired) electrons. The molecule has 132 valence electrons. The summed E-state index contributed by atoms with van der Waals surface area (Å²) in [7, 11) is 0. The van der Waals surface area contributed by atoms with Gasteiger partial charge in [0.15, 0.2) is 6.54 Å². The highest BCUT2D eigenvalue weighted by atomic mass is 32.1. The average Bonchev–Trinajstić information content (AvgIpc) is 3.15. The van der Waals surface area contributed by atoms with E-state index in [1.807, 2.05) is 18.2 Å². The highest BCUT2D eigenvalue weighted by Crippen LogP contribution is 2.38. The molecular weight excluding hydrogens is 334 g/mol. The molecule has 25 heavy (non-hydrogen) atoms. The van der Waals surface area contributed by atoms with Crippen molar-refractivity contribution in [3.63, 3.8) is 0 Å². The van der Waals surface area contributed by atoms with Crippen LogP contribution in [0.4, 0.5) is 5.00 Å². The van der Waals surface area contributed by atoms with Gasteiger partial charge in [-0.15, -0.1) is 11.3 Å². The zero-order chi connectivity index (χ0) is 17.8. The number of hydrogen-bond acceptors (Lipinski definition) is 3. The number of aryl methyl sites for hydroxylation is 1. The van der Waals surface area contributed by atoms with Crippen molar-refractivity contribution in [1.82, 2.24) is 0 Å². The number of rotatable bonds is 7. The Hall–Kier alpha value is -2.18. The fourth-order valence-corrected chi connectivity index (χ4v) is 4.66. The lowest BCUT2D eigenvalue weighted by Crippen LogP contribution is -3.11. The summed E-state index contributed by atoms with van der Waals surface area (Å²) in [4.78, 5) is 26.7. The van der Waals surface area contributed by atoms with Gasteiger partial charge < -0.3 is 16.0 Å². The molecule has 1 aromatic heterocycles. The van der Waals surface area contributed by atoms with Crippen LogP contribution in [0.5, 0.6) is 0 Å². The fourth-order valence-electron chi connectivity index (χ4n) is 3.35. The lowest BCUT2D eigenvalue weighted by atomic mass is 10.1. The van der Waals surface area contributed by atoms with E-state index in [9.17, 15) is 9.59 Å². The number of anilines is 1. The topological polar surface area (TPSA) is 76.6 Å². The smallest absolute Gasteiger partial charge is 0.280 e. The van der Waals surface area contributed by atoms with E-state index < -0.39 is 5.91 Å². The minimum atomic E-state index is -0.446. The molecule has 0 fully saturated rings. The lowest BCUT2D eigenvalue weighted by molar-refractivity contribution is -0.903. The van der Waals surface area contributed by atoms with Gasteiger partial charge in [-0.05, 0) is 31.7 Å². The molecular formula is C19H24N3O2S+. The van der Waals surface area contributed by atoms with Crippen LogP contribution in [0.3, 0.4) is 0 Å². The van der Waals surface area contributed by atoms with Gasteiger partial charge in [0.25, 0.3) is 11.8 Å². The van der Waals surface area contributed by atoms with E-state index in [-0.39, 0.29) is 5.91 Å². The Bertz CT molecular complexity index is 770. The SMILES string of the molecule is CC[NH+](CC(=O)Nc1sc2c(c1C(N)=O)CCC2)Cc1ccccc1. The molecule has 1 aliphatic rings. The van der Waals surface area contributed by atoms with Gasteiger partial charge >= 0.3 is 0 Å². The second-order valence-electron chi connectivity index (χ2n) is 6.42. The molecule has 5 nitrogen and oxygen atoms in total. The highest BCUT2D eigenvalue weighted by Gasteiger charge is 2.26. The quantitative estimate of drug-likeness (QED) is 0.699. The van der Waals surface area contributed by atoms with E-state index in [1.165, 1.54) is 26.7 Å². The number of carbonyl (C=O) groups is 2. The first-order valence-corrected chi connectivity index (χ1v) is 9.51. The summed E-state index contributed by atoms with van der Waals surface area (Å²) in [5.74, 6) is -0.520. The third-order valence-electron chi connectivity index (χ3n) is 4.63. The van der Waals surface area contributed by atoms with Crippen LogP contribution in [-0.2, 0) is 24.2 Å². The fraction of sp³-hybridized carbons (Fsp3) is 0.368. The maximum atomic E-state index is 12.5. The molecule has 2 aromatic rings. The molecule has 0 spiro atoms. The normalized spacial score (nSPS) is 14.1. The number of carbonyl (C=O) groups excluding carboxylic acids is 2. The van der Waals surface area contributed by atoms with E-state index >= 15 is 0 Å². The van der Waals surface area contributed by atoms with Crippen LogP contribution >= 0.6 is 11.3 Å². The first-order valence-electron chi connectivity index (χ1n) is 8.70. The maximum absolute atomic E-state index is 12.5. The van der Waals surface area contributed by atoms with Gasteiger partial charge in [-0.3, -0.25) is 9.59 Å². The summed E-state index contributed by atoms with van der Waals surface area (Å²) in [6.45, 7) is 4.09. The predicted molar refractivity (Wildman–Crippen MR) is 100 cm³/mol. The first kappa shape index (κ1) is 17.6. The van der Waals surface area contributed by atoms with Crippen molar-refractivity contribution in [2.24, 2.45) is 5.73 Å². The van der Waals surface area contributed by atoms with Crippen molar-refractivity contribution >= 4 is 28.2 Å². The van der Waals surface area contributed by atoms with E-state index in [2.05, 4.69) is 24.4 Å². The molecule has 1 unspecified atom stereocenters. The average molecular weight is 358 g/mol. The van der Waals surface area contributed by atoms with E-state index in [0.29, 0.717) is 17.1 Å². The Kier molecular flexibility index (Phi) is 5.50. The minimum absolute atomic E-state index is 0.0739. The van der Waals surface area contributed by atoms with Crippen LogP contribution in [-0.4, -0.2) is 24.9 Å². The van der Waals surface area contributed by atoms with Gasteiger partial charge in [0.05, 0.1) is 12.1 Å². The third-order valence-corrected chi connectivity index (χ3v) is 5.84. The minimum Gasteiger partial charge on any atom is -0.365 e. The Morgan fingerprint density at radius 3 is 2.68 bits per heavy atom. The van der Waals surface area contributed by atoms with E-state index in [0.717, 1.165) is 37.9 Å². The summed E-state index contributed by atoms with van der Waals surface area (Å²) in [5.41, 5.74) is 8.32. The summed E-state index contributed by atoms with van der Waals surface area (Å²) in [6, 6.07) is 10.2. The number of amides is 2. The van der Waals surface area contributed by atoms with Crippen LogP contribution in [0, 0.1) is 0 Å². The number of nitrogens with two attached hydrogens (primary N) is 1. The number of thiophene rings is 1. The largest absolute Gasteiger partial charge is 0.365 e. The number of likely N-dealkylation sites (N-methyl/N-ethyl adjacent to an activating group) is 1. The molecule has 2 amide bonds. The molecule has 1 aliphatic carbocycles. The Morgan fingerprint density at radius 1 is 1.24 bits per heavy atom. The standard InChI is InChI=1S/C19H23N3O2S/c1-2-22(11-13-7-4-3-5-8-13)12-16(23)21-19-17(18(20)24)14-9-6-10-15(14)25-19/h3-5,7-8H,2,6,9-12H2,1H3,(H2,20,24)(H,21,23)/p+1. The van der Waals surface area contributed by atoms with Gasteiger partial charge in [0.1, 0.15) is 11.5 Å². The van der Waals surface area contributed by atoms with Crippen LogP contribution < -0.4 is 16.0 Å². The highest BCUT2D eigenvalue weighted by molar-refractivity contribution is 7.17. The van der Waals surface area contributed by atoms with Crippen LogP contribution in [0.1, 0.15) is 39.7 Å². The Balaban J connectivity index is 1.67. The van der Waals surface area contributed by atoms with Gasteiger partial charge in [0.2, 0.25) is 0 Å². The first-order chi connectivity index (χ1) is 12.1. The van der Waals surface area contributed by atoms with E-state index in [1.54, 1.807) is 0 Å². The Labute approximate surface area is 151 Å². The molecule has 0 aliphatic heterocycles. The zero-order valence-corrected chi connectivity index (χ0v) is 15.2. The number of quaternary nitrogens is 1. The van der Waals surface area contributed by atoms with Crippen molar-refractivity contribution < 1.29 is 14.5 Å². The second kappa shape index (κ2) is 7.80. The molecule has 0 bridgehead atoms.